The van der Waals surface area contributed by atoms with E-state index in [-0.39, 0.29) is 18.1 Å². The Balaban J connectivity index is 1.33. The summed E-state index contributed by atoms with van der Waals surface area (Å²) in [5, 5.41) is 3.01. The fourth-order valence-electron chi connectivity index (χ4n) is 3.50. The lowest BCUT2D eigenvalue weighted by Crippen LogP contribution is -2.39. The SMILES string of the molecule is CC(C)Oc1ccc(C(=O)NCCCCN2CCO[C@@H](c3ccccc3)C2)cc1. The van der Waals surface area contributed by atoms with Gasteiger partial charge in [0.25, 0.3) is 5.91 Å². The van der Waals surface area contributed by atoms with Gasteiger partial charge in [-0.25, -0.2) is 0 Å². The number of hydrogen-bond acceptors (Lipinski definition) is 4. The Bertz CT molecular complexity index is 746. The fourth-order valence-corrected chi connectivity index (χ4v) is 3.50. The van der Waals surface area contributed by atoms with E-state index in [1.807, 2.05) is 44.2 Å². The molecule has 0 bridgehead atoms. The Labute approximate surface area is 174 Å². The number of carbonyl (C=O) groups excluding carboxylic acids is 1. The molecule has 1 N–H and O–H groups in total. The molecule has 1 aliphatic heterocycles. The molecule has 1 fully saturated rings. The van der Waals surface area contributed by atoms with Gasteiger partial charge in [0.1, 0.15) is 5.75 Å². The minimum atomic E-state index is -0.0309. The van der Waals surface area contributed by atoms with Gasteiger partial charge >= 0.3 is 0 Å². The molecule has 5 nitrogen and oxygen atoms in total. The molecule has 1 atom stereocenters. The maximum absolute atomic E-state index is 12.3. The van der Waals surface area contributed by atoms with Gasteiger partial charge in [0.2, 0.25) is 0 Å². The molecule has 1 heterocycles. The zero-order valence-electron chi connectivity index (χ0n) is 17.5. The maximum Gasteiger partial charge on any atom is 0.251 e. The van der Waals surface area contributed by atoms with E-state index in [0.717, 1.165) is 44.8 Å². The van der Waals surface area contributed by atoms with Crippen molar-refractivity contribution in [2.75, 3.05) is 32.8 Å². The van der Waals surface area contributed by atoms with Crippen molar-refractivity contribution < 1.29 is 14.3 Å². The molecule has 1 amide bonds. The molecule has 0 aromatic heterocycles. The summed E-state index contributed by atoms with van der Waals surface area (Å²) in [7, 11) is 0. The predicted octanol–water partition coefficient (Wildman–Crippen LogP) is 4.06. The molecule has 0 aliphatic carbocycles. The van der Waals surface area contributed by atoms with Crippen molar-refractivity contribution in [3.05, 3.63) is 65.7 Å². The normalized spacial score (nSPS) is 17.3. The lowest BCUT2D eigenvalue weighted by molar-refractivity contribution is -0.0303. The van der Waals surface area contributed by atoms with Crippen molar-refractivity contribution in [2.24, 2.45) is 0 Å². The number of hydrogen-bond donors (Lipinski definition) is 1. The quantitative estimate of drug-likeness (QED) is 0.650. The van der Waals surface area contributed by atoms with Gasteiger partial charge in [-0.2, -0.15) is 0 Å². The number of rotatable bonds is 9. The molecule has 1 saturated heterocycles. The van der Waals surface area contributed by atoms with Gasteiger partial charge in [0.05, 0.1) is 18.8 Å². The number of carbonyl (C=O) groups is 1. The van der Waals surface area contributed by atoms with Gasteiger partial charge in [0.15, 0.2) is 0 Å². The van der Waals surface area contributed by atoms with E-state index in [2.05, 4.69) is 34.5 Å². The van der Waals surface area contributed by atoms with Crippen LogP contribution in [-0.2, 0) is 4.74 Å². The van der Waals surface area contributed by atoms with Crippen LogP contribution in [0.5, 0.6) is 5.75 Å². The van der Waals surface area contributed by atoms with Crippen LogP contribution in [0.1, 0.15) is 48.7 Å². The van der Waals surface area contributed by atoms with Gasteiger partial charge in [0, 0.05) is 25.2 Å². The largest absolute Gasteiger partial charge is 0.491 e. The van der Waals surface area contributed by atoms with Crippen molar-refractivity contribution in [3.63, 3.8) is 0 Å². The van der Waals surface area contributed by atoms with E-state index in [1.54, 1.807) is 0 Å². The topological polar surface area (TPSA) is 50.8 Å². The summed E-state index contributed by atoms with van der Waals surface area (Å²) in [6.45, 7) is 8.37. The third-order valence-electron chi connectivity index (χ3n) is 5.00. The second kappa shape index (κ2) is 11.0. The summed E-state index contributed by atoms with van der Waals surface area (Å²) in [6.07, 6.45) is 2.31. The summed E-state index contributed by atoms with van der Waals surface area (Å²) in [5.41, 5.74) is 1.91. The van der Waals surface area contributed by atoms with Crippen LogP contribution in [0.25, 0.3) is 0 Å². The van der Waals surface area contributed by atoms with Crippen LogP contribution >= 0.6 is 0 Å². The smallest absolute Gasteiger partial charge is 0.251 e. The van der Waals surface area contributed by atoms with Gasteiger partial charge < -0.3 is 14.8 Å². The average molecular weight is 397 g/mol. The number of amides is 1. The number of nitrogens with one attached hydrogen (secondary N) is 1. The van der Waals surface area contributed by atoms with Crippen molar-refractivity contribution in [1.82, 2.24) is 10.2 Å². The van der Waals surface area contributed by atoms with E-state index in [0.29, 0.717) is 12.1 Å². The van der Waals surface area contributed by atoms with Crippen molar-refractivity contribution in [1.29, 1.82) is 0 Å². The van der Waals surface area contributed by atoms with Gasteiger partial charge in [-0.3, -0.25) is 9.69 Å². The molecule has 2 aromatic rings. The van der Waals surface area contributed by atoms with Crippen LogP contribution in [0.2, 0.25) is 0 Å². The van der Waals surface area contributed by atoms with Gasteiger partial charge in [-0.1, -0.05) is 30.3 Å². The highest BCUT2D eigenvalue weighted by Crippen LogP contribution is 2.22. The van der Waals surface area contributed by atoms with E-state index < -0.39 is 0 Å². The first-order valence-electron chi connectivity index (χ1n) is 10.6. The molecule has 1 aliphatic rings. The molecule has 3 rings (SSSR count). The standard InChI is InChI=1S/C24H32N2O3/c1-19(2)29-22-12-10-21(11-13-22)24(27)25-14-6-7-15-26-16-17-28-23(18-26)20-8-4-3-5-9-20/h3-5,8-13,19,23H,6-7,14-18H2,1-2H3,(H,25,27)/t23-/m1/s1. The first-order chi connectivity index (χ1) is 14.1. The molecule has 0 spiro atoms. The number of unbranched alkanes of at least 4 members (excludes halogenated alkanes) is 1. The first kappa shape index (κ1) is 21.3. The minimum Gasteiger partial charge on any atom is -0.491 e. The monoisotopic (exact) mass is 396 g/mol. The highest BCUT2D eigenvalue weighted by Gasteiger charge is 2.21. The second-order valence-corrected chi connectivity index (χ2v) is 7.72. The summed E-state index contributed by atoms with van der Waals surface area (Å²) in [6, 6.07) is 17.7. The molecular formula is C24H32N2O3. The Morgan fingerprint density at radius 2 is 1.90 bits per heavy atom. The van der Waals surface area contributed by atoms with E-state index in [4.69, 9.17) is 9.47 Å². The van der Waals surface area contributed by atoms with Crippen LogP contribution in [-0.4, -0.2) is 49.7 Å². The van der Waals surface area contributed by atoms with Crippen LogP contribution < -0.4 is 10.1 Å². The molecular weight excluding hydrogens is 364 g/mol. The third kappa shape index (κ3) is 6.87. The molecule has 5 heteroatoms. The number of ether oxygens (including phenoxy) is 2. The lowest BCUT2D eigenvalue weighted by atomic mass is 10.1. The Hall–Kier alpha value is -2.37. The zero-order chi connectivity index (χ0) is 20.5. The zero-order valence-corrected chi connectivity index (χ0v) is 17.5. The van der Waals surface area contributed by atoms with E-state index >= 15 is 0 Å². The Morgan fingerprint density at radius 1 is 1.14 bits per heavy atom. The Kier molecular flexibility index (Phi) is 8.08. The van der Waals surface area contributed by atoms with Crippen LogP contribution in [0.3, 0.4) is 0 Å². The molecule has 0 saturated carbocycles. The first-order valence-corrected chi connectivity index (χ1v) is 10.6. The third-order valence-corrected chi connectivity index (χ3v) is 5.00. The fraction of sp³-hybridized carbons (Fsp3) is 0.458. The van der Waals surface area contributed by atoms with Crippen molar-refractivity contribution >= 4 is 5.91 Å². The van der Waals surface area contributed by atoms with Crippen molar-refractivity contribution in [2.45, 2.75) is 38.9 Å². The molecule has 0 unspecified atom stereocenters. The number of nitrogens with zero attached hydrogens (tertiary/aromatic N) is 1. The highest BCUT2D eigenvalue weighted by atomic mass is 16.5. The van der Waals surface area contributed by atoms with Crippen LogP contribution in [0.15, 0.2) is 54.6 Å². The molecule has 156 valence electrons. The molecule has 0 radical (unpaired) electrons. The van der Waals surface area contributed by atoms with Crippen LogP contribution in [0.4, 0.5) is 0 Å². The predicted molar refractivity (Wildman–Crippen MR) is 115 cm³/mol. The summed E-state index contributed by atoms with van der Waals surface area (Å²) >= 11 is 0. The minimum absolute atomic E-state index is 0.0309. The summed E-state index contributed by atoms with van der Waals surface area (Å²) < 4.78 is 11.5. The lowest BCUT2D eigenvalue weighted by Gasteiger charge is -2.33. The van der Waals surface area contributed by atoms with Crippen molar-refractivity contribution in [3.8, 4) is 5.75 Å². The Morgan fingerprint density at radius 3 is 2.62 bits per heavy atom. The van der Waals surface area contributed by atoms with E-state index in [1.165, 1.54) is 5.56 Å². The average Bonchev–Trinajstić information content (AvgIpc) is 2.74. The maximum atomic E-state index is 12.3. The van der Waals surface area contributed by atoms with Crippen LogP contribution in [0, 0.1) is 0 Å². The van der Waals surface area contributed by atoms with Gasteiger partial charge in [-0.15, -0.1) is 0 Å². The second-order valence-electron chi connectivity index (χ2n) is 7.72. The molecule has 29 heavy (non-hydrogen) atoms. The highest BCUT2D eigenvalue weighted by molar-refractivity contribution is 5.94. The number of morpholine rings is 1. The molecule has 2 aromatic carbocycles. The van der Waals surface area contributed by atoms with Gasteiger partial charge in [-0.05, 0) is 63.1 Å². The summed E-state index contributed by atoms with van der Waals surface area (Å²) in [5.74, 6) is 0.757. The van der Waals surface area contributed by atoms with E-state index in [9.17, 15) is 4.79 Å². The summed E-state index contributed by atoms with van der Waals surface area (Å²) in [4.78, 5) is 14.7. The number of benzene rings is 2.